The number of oxazole rings is 1. The van der Waals surface area contributed by atoms with Gasteiger partial charge in [-0.2, -0.15) is 4.98 Å². The van der Waals surface area contributed by atoms with E-state index in [2.05, 4.69) is 31.1 Å². The summed E-state index contributed by atoms with van der Waals surface area (Å²) < 4.78 is 17.1. The van der Waals surface area contributed by atoms with E-state index in [4.69, 9.17) is 18.7 Å². The lowest BCUT2D eigenvalue weighted by Crippen LogP contribution is -2.36. The van der Waals surface area contributed by atoms with E-state index < -0.39 is 5.97 Å². The summed E-state index contributed by atoms with van der Waals surface area (Å²) in [4.78, 5) is 15.0. The van der Waals surface area contributed by atoms with Gasteiger partial charge in [-0.1, -0.05) is 6.07 Å². The molecular formula is C20H24N2O5. The van der Waals surface area contributed by atoms with Gasteiger partial charge in [0.1, 0.15) is 17.6 Å². The van der Waals surface area contributed by atoms with Crippen LogP contribution in [0.25, 0.3) is 22.6 Å². The molecule has 0 fully saturated rings. The number of aromatic nitrogens is 1. The fourth-order valence-electron chi connectivity index (χ4n) is 2.78. The molecule has 0 bridgehead atoms. The van der Waals surface area contributed by atoms with Crippen molar-refractivity contribution in [2.45, 2.75) is 39.7 Å². The van der Waals surface area contributed by atoms with Crippen molar-refractivity contribution >= 4 is 16.9 Å². The summed E-state index contributed by atoms with van der Waals surface area (Å²) >= 11 is 0. The van der Waals surface area contributed by atoms with Crippen LogP contribution in [-0.4, -0.2) is 34.8 Å². The highest BCUT2D eigenvalue weighted by Gasteiger charge is 2.21. The summed E-state index contributed by atoms with van der Waals surface area (Å²) in [5, 5.41) is 13.3. The zero-order valence-corrected chi connectivity index (χ0v) is 16.0. The van der Waals surface area contributed by atoms with Gasteiger partial charge in [0, 0.05) is 11.1 Å². The molecule has 0 amide bonds. The number of fused-ring (bicyclic) bond motifs is 1. The summed E-state index contributed by atoms with van der Waals surface area (Å²) in [5.74, 6) is 0.122. The molecule has 0 spiro atoms. The van der Waals surface area contributed by atoms with E-state index in [1.807, 2.05) is 25.1 Å². The van der Waals surface area contributed by atoms with Gasteiger partial charge in [-0.05, 0) is 52.8 Å². The minimum atomic E-state index is -1.15. The maximum absolute atomic E-state index is 11.0. The predicted molar refractivity (Wildman–Crippen MR) is 101 cm³/mol. The molecule has 7 nitrogen and oxygen atoms in total. The highest BCUT2D eigenvalue weighted by molar-refractivity contribution is 5.92. The van der Waals surface area contributed by atoms with Gasteiger partial charge in [0.15, 0.2) is 11.5 Å². The summed E-state index contributed by atoms with van der Waals surface area (Å²) in [5.41, 5.74) is 1.36. The molecule has 0 saturated heterocycles. The number of nitrogens with zero attached hydrogens (tertiary/aromatic N) is 1. The Hall–Kier alpha value is -2.80. The molecule has 0 radical (unpaired) electrons. The van der Waals surface area contributed by atoms with E-state index in [0.717, 1.165) is 35.9 Å². The smallest absolute Gasteiger partial charge is 0.357 e. The number of rotatable bonds is 7. The van der Waals surface area contributed by atoms with Crippen LogP contribution in [-0.2, 0) is 0 Å². The Labute approximate surface area is 157 Å². The monoisotopic (exact) mass is 372 g/mol. The van der Waals surface area contributed by atoms with Crippen LogP contribution in [0.2, 0.25) is 0 Å². The van der Waals surface area contributed by atoms with Gasteiger partial charge < -0.3 is 24.0 Å². The minimum absolute atomic E-state index is 0.0842. The highest BCUT2D eigenvalue weighted by Crippen LogP contribution is 2.37. The molecule has 144 valence electrons. The second-order valence-corrected chi connectivity index (χ2v) is 7.41. The van der Waals surface area contributed by atoms with Crippen LogP contribution in [0.4, 0.5) is 0 Å². The maximum Gasteiger partial charge on any atom is 0.357 e. The van der Waals surface area contributed by atoms with Gasteiger partial charge in [-0.15, -0.1) is 0 Å². The molecule has 3 aromatic rings. The van der Waals surface area contributed by atoms with E-state index in [-0.39, 0.29) is 17.1 Å². The van der Waals surface area contributed by atoms with Crippen molar-refractivity contribution in [2.24, 2.45) is 0 Å². The third-order valence-electron chi connectivity index (χ3n) is 4.07. The first-order valence-corrected chi connectivity index (χ1v) is 8.85. The van der Waals surface area contributed by atoms with Crippen LogP contribution in [0.15, 0.2) is 33.3 Å². The number of hydrogen-bond acceptors (Lipinski definition) is 6. The molecule has 0 aliphatic rings. The third-order valence-corrected chi connectivity index (χ3v) is 4.07. The lowest BCUT2D eigenvalue weighted by atomic mass is 10.1. The van der Waals surface area contributed by atoms with Crippen molar-refractivity contribution < 1.29 is 23.5 Å². The standard InChI is InChI=1S/C20H24N2O5/c1-12-16-14(25-10-6-9-21-20(2,3)4)7-5-8-15(16)27-17(12)18-22-13(11-26-18)19(23)24/h5,7-8,11,21H,6,9-10H2,1-4H3,(H,23,24). The number of aromatic carboxylic acids is 1. The first-order chi connectivity index (χ1) is 12.8. The van der Waals surface area contributed by atoms with Crippen LogP contribution in [0, 0.1) is 6.92 Å². The molecule has 2 heterocycles. The van der Waals surface area contributed by atoms with Crippen LogP contribution >= 0.6 is 0 Å². The van der Waals surface area contributed by atoms with Gasteiger partial charge in [0.05, 0.1) is 12.0 Å². The van der Waals surface area contributed by atoms with Crippen LogP contribution < -0.4 is 10.1 Å². The van der Waals surface area contributed by atoms with E-state index in [9.17, 15) is 4.79 Å². The number of hydrogen-bond donors (Lipinski definition) is 2. The topological polar surface area (TPSA) is 97.7 Å². The van der Waals surface area contributed by atoms with Crippen molar-refractivity contribution in [3.05, 3.63) is 35.7 Å². The number of carboxylic acid groups (broad SMARTS) is 1. The molecule has 27 heavy (non-hydrogen) atoms. The molecule has 0 unspecified atom stereocenters. The summed E-state index contributed by atoms with van der Waals surface area (Å²) in [6.45, 7) is 9.70. The molecule has 0 aliphatic heterocycles. The molecule has 7 heteroatoms. The lowest BCUT2D eigenvalue weighted by Gasteiger charge is -2.20. The molecule has 2 aromatic heterocycles. The molecule has 1 aromatic carbocycles. The second-order valence-electron chi connectivity index (χ2n) is 7.41. The van der Waals surface area contributed by atoms with Crippen molar-refractivity contribution in [3.8, 4) is 17.4 Å². The normalized spacial score (nSPS) is 11.9. The van der Waals surface area contributed by atoms with Crippen LogP contribution in [0.5, 0.6) is 5.75 Å². The number of nitrogens with one attached hydrogen (secondary N) is 1. The number of carbonyl (C=O) groups is 1. The number of ether oxygens (including phenoxy) is 1. The average Bonchev–Trinajstić information content (AvgIpc) is 3.19. The van der Waals surface area contributed by atoms with Crippen molar-refractivity contribution in [3.63, 3.8) is 0 Å². The minimum Gasteiger partial charge on any atom is -0.493 e. The Morgan fingerprint density at radius 2 is 2.11 bits per heavy atom. The van der Waals surface area contributed by atoms with Crippen molar-refractivity contribution in [1.82, 2.24) is 10.3 Å². The van der Waals surface area contributed by atoms with E-state index in [0.29, 0.717) is 18.0 Å². The lowest BCUT2D eigenvalue weighted by molar-refractivity contribution is 0.0690. The molecule has 3 rings (SSSR count). The number of furan rings is 1. The third kappa shape index (κ3) is 4.31. The van der Waals surface area contributed by atoms with Crippen molar-refractivity contribution in [2.75, 3.05) is 13.2 Å². The Bertz CT molecular complexity index is 949. The first-order valence-electron chi connectivity index (χ1n) is 8.85. The van der Waals surface area contributed by atoms with E-state index in [1.54, 1.807) is 0 Å². The van der Waals surface area contributed by atoms with Gasteiger partial charge in [0.2, 0.25) is 0 Å². The molecular weight excluding hydrogens is 348 g/mol. The fourth-order valence-corrected chi connectivity index (χ4v) is 2.78. The summed E-state index contributed by atoms with van der Waals surface area (Å²) in [7, 11) is 0. The zero-order chi connectivity index (χ0) is 19.6. The van der Waals surface area contributed by atoms with Crippen molar-refractivity contribution in [1.29, 1.82) is 0 Å². The highest BCUT2D eigenvalue weighted by atomic mass is 16.5. The largest absolute Gasteiger partial charge is 0.493 e. The Morgan fingerprint density at radius 1 is 1.33 bits per heavy atom. The van der Waals surface area contributed by atoms with Crippen LogP contribution in [0.3, 0.4) is 0 Å². The first kappa shape index (κ1) is 19.0. The summed E-state index contributed by atoms with van der Waals surface area (Å²) in [6, 6.07) is 5.58. The Kier molecular flexibility index (Phi) is 5.23. The Morgan fingerprint density at radius 3 is 2.78 bits per heavy atom. The van der Waals surface area contributed by atoms with Gasteiger partial charge in [-0.25, -0.2) is 4.79 Å². The zero-order valence-electron chi connectivity index (χ0n) is 16.0. The quantitative estimate of drug-likeness (QED) is 0.598. The van der Waals surface area contributed by atoms with E-state index in [1.165, 1.54) is 0 Å². The van der Waals surface area contributed by atoms with E-state index >= 15 is 0 Å². The van der Waals surface area contributed by atoms with Crippen LogP contribution in [0.1, 0.15) is 43.2 Å². The molecule has 0 saturated carbocycles. The SMILES string of the molecule is Cc1c(-c2nc(C(=O)O)co2)oc2cccc(OCCCNC(C)(C)C)c12. The second kappa shape index (κ2) is 7.44. The van der Waals surface area contributed by atoms with Gasteiger partial charge >= 0.3 is 5.97 Å². The molecule has 2 N–H and O–H groups in total. The molecule has 0 atom stereocenters. The maximum atomic E-state index is 11.0. The average molecular weight is 372 g/mol. The Balaban J connectivity index is 1.79. The predicted octanol–water partition coefficient (Wildman–Crippen LogP) is 4.25. The molecule has 0 aliphatic carbocycles. The fraction of sp³-hybridized carbons (Fsp3) is 0.400. The summed E-state index contributed by atoms with van der Waals surface area (Å²) in [6.07, 6.45) is 1.98. The number of aryl methyl sites for hydroxylation is 1. The van der Waals surface area contributed by atoms with Gasteiger partial charge in [0.25, 0.3) is 5.89 Å². The van der Waals surface area contributed by atoms with Gasteiger partial charge in [-0.3, -0.25) is 0 Å². The number of carboxylic acids is 1. The number of benzene rings is 1.